The van der Waals surface area contributed by atoms with Crippen LogP contribution in [0.4, 0.5) is 0 Å². The minimum atomic E-state index is 0.349. The summed E-state index contributed by atoms with van der Waals surface area (Å²) in [6.07, 6.45) is 1.02. The Kier molecular flexibility index (Phi) is 3.36. The Balaban J connectivity index is 2.06. The number of thiazole rings is 1. The molecular weight excluding hydrogens is 278 g/mol. The van der Waals surface area contributed by atoms with E-state index in [0.29, 0.717) is 4.83 Å². The van der Waals surface area contributed by atoms with Crippen LogP contribution in [0, 0.1) is 6.92 Å². The summed E-state index contributed by atoms with van der Waals surface area (Å²) in [4.78, 5) is 4.82. The number of thiophene rings is 1. The fraction of sp³-hybridized carbons (Fsp3) is 0.300. The zero-order valence-corrected chi connectivity index (χ0v) is 11.0. The second-order valence-corrected chi connectivity index (χ2v) is 6.04. The van der Waals surface area contributed by atoms with Crippen LogP contribution >= 0.6 is 38.6 Å². The number of nitrogens with zero attached hydrogens (tertiary/aromatic N) is 1. The summed E-state index contributed by atoms with van der Waals surface area (Å²) in [5.74, 6) is 0. The fourth-order valence-electron chi connectivity index (χ4n) is 1.24. The third kappa shape index (κ3) is 2.43. The lowest BCUT2D eigenvalue weighted by Crippen LogP contribution is -1.94. The molecule has 1 atom stereocenters. The Morgan fingerprint density at radius 3 is 2.93 bits per heavy atom. The Hall–Kier alpha value is -0.190. The standard InChI is InChI=1S/C10H10BrNS2/c1-7-12-10(6-14-7)9(11)4-8-2-3-13-5-8/h2-3,5-6,9H,4H2,1H3. The van der Waals surface area contributed by atoms with E-state index in [1.54, 1.807) is 22.7 Å². The van der Waals surface area contributed by atoms with Gasteiger partial charge in [-0.3, -0.25) is 0 Å². The minimum absolute atomic E-state index is 0.349. The van der Waals surface area contributed by atoms with Crippen LogP contribution in [0.2, 0.25) is 0 Å². The van der Waals surface area contributed by atoms with Crippen LogP contribution in [0.3, 0.4) is 0 Å². The average Bonchev–Trinajstić information content (AvgIpc) is 2.75. The molecule has 0 N–H and O–H groups in total. The Morgan fingerprint density at radius 1 is 1.50 bits per heavy atom. The first-order valence-electron chi connectivity index (χ1n) is 4.33. The van der Waals surface area contributed by atoms with Crippen molar-refractivity contribution in [1.82, 2.24) is 4.98 Å². The van der Waals surface area contributed by atoms with E-state index >= 15 is 0 Å². The molecule has 0 aromatic carbocycles. The predicted molar refractivity (Wildman–Crippen MR) is 66.5 cm³/mol. The van der Waals surface area contributed by atoms with Crippen molar-refractivity contribution < 1.29 is 0 Å². The van der Waals surface area contributed by atoms with E-state index in [9.17, 15) is 0 Å². The van der Waals surface area contributed by atoms with Gasteiger partial charge in [0.05, 0.1) is 15.5 Å². The van der Waals surface area contributed by atoms with Gasteiger partial charge in [-0.25, -0.2) is 4.98 Å². The van der Waals surface area contributed by atoms with Crippen molar-refractivity contribution in [3.63, 3.8) is 0 Å². The molecule has 0 bridgehead atoms. The van der Waals surface area contributed by atoms with Gasteiger partial charge in [-0.2, -0.15) is 11.3 Å². The highest BCUT2D eigenvalue weighted by molar-refractivity contribution is 9.09. The molecule has 1 unspecified atom stereocenters. The van der Waals surface area contributed by atoms with Gasteiger partial charge in [0.2, 0.25) is 0 Å². The molecule has 0 spiro atoms. The van der Waals surface area contributed by atoms with E-state index in [2.05, 4.69) is 43.1 Å². The molecule has 0 saturated heterocycles. The van der Waals surface area contributed by atoms with Crippen molar-refractivity contribution in [2.24, 2.45) is 0 Å². The second-order valence-electron chi connectivity index (χ2n) is 3.09. The molecule has 2 aromatic heterocycles. The molecule has 0 aliphatic heterocycles. The predicted octanol–water partition coefficient (Wildman–Crippen LogP) is 4.19. The van der Waals surface area contributed by atoms with E-state index in [4.69, 9.17) is 0 Å². The number of hydrogen-bond acceptors (Lipinski definition) is 3. The van der Waals surface area contributed by atoms with Gasteiger partial charge in [0.1, 0.15) is 0 Å². The van der Waals surface area contributed by atoms with Gasteiger partial charge in [-0.1, -0.05) is 15.9 Å². The highest BCUT2D eigenvalue weighted by atomic mass is 79.9. The van der Waals surface area contributed by atoms with E-state index in [1.165, 1.54) is 5.56 Å². The number of halogens is 1. The lowest BCUT2D eigenvalue weighted by molar-refractivity contribution is 0.913. The van der Waals surface area contributed by atoms with Crippen molar-refractivity contribution in [3.05, 3.63) is 38.5 Å². The molecule has 1 nitrogen and oxygen atoms in total. The molecule has 14 heavy (non-hydrogen) atoms. The highest BCUT2D eigenvalue weighted by Gasteiger charge is 2.11. The van der Waals surface area contributed by atoms with E-state index in [-0.39, 0.29) is 0 Å². The normalized spacial score (nSPS) is 13.0. The van der Waals surface area contributed by atoms with Gasteiger partial charge in [0.25, 0.3) is 0 Å². The van der Waals surface area contributed by atoms with Gasteiger partial charge in [0.15, 0.2) is 0 Å². The van der Waals surface area contributed by atoms with Crippen LogP contribution in [0.5, 0.6) is 0 Å². The minimum Gasteiger partial charge on any atom is -0.245 e. The summed E-state index contributed by atoms with van der Waals surface area (Å²) < 4.78 is 0. The van der Waals surface area contributed by atoms with Crippen LogP contribution in [0.25, 0.3) is 0 Å². The monoisotopic (exact) mass is 287 g/mol. The van der Waals surface area contributed by atoms with Crippen LogP contribution in [-0.2, 0) is 6.42 Å². The summed E-state index contributed by atoms with van der Waals surface area (Å²) in [5.41, 5.74) is 2.53. The maximum atomic E-state index is 4.47. The van der Waals surface area contributed by atoms with Crippen molar-refractivity contribution in [3.8, 4) is 0 Å². The van der Waals surface area contributed by atoms with Crippen LogP contribution in [0.1, 0.15) is 21.1 Å². The van der Waals surface area contributed by atoms with Gasteiger partial charge >= 0.3 is 0 Å². The Bertz CT molecular complexity index is 394. The number of alkyl halides is 1. The molecule has 4 heteroatoms. The molecule has 0 saturated carbocycles. The van der Waals surface area contributed by atoms with Crippen molar-refractivity contribution >= 4 is 38.6 Å². The quantitative estimate of drug-likeness (QED) is 0.772. The third-order valence-corrected chi connectivity index (χ3v) is 4.27. The number of rotatable bonds is 3. The van der Waals surface area contributed by atoms with Gasteiger partial charge in [0, 0.05) is 5.38 Å². The highest BCUT2D eigenvalue weighted by Crippen LogP contribution is 2.28. The number of hydrogen-bond donors (Lipinski definition) is 0. The topological polar surface area (TPSA) is 12.9 Å². The van der Waals surface area contributed by atoms with E-state index in [0.717, 1.165) is 17.1 Å². The summed E-state index contributed by atoms with van der Waals surface area (Å²) in [6.45, 7) is 2.04. The van der Waals surface area contributed by atoms with Crippen LogP contribution in [0.15, 0.2) is 22.2 Å². The SMILES string of the molecule is Cc1nc(C(Br)Cc2ccsc2)cs1. The third-order valence-electron chi connectivity index (χ3n) is 1.95. The van der Waals surface area contributed by atoms with Gasteiger partial charge in [-0.15, -0.1) is 11.3 Å². The lowest BCUT2D eigenvalue weighted by Gasteiger charge is -2.04. The first kappa shape index (κ1) is 10.3. The van der Waals surface area contributed by atoms with Crippen molar-refractivity contribution in [1.29, 1.82) is 0 Å². The molecule has 2 aromatic rings. The molecular formula is C10H10BrNS2. The summed E-state index contributed by atoms with van der Waals surface area (Å²) in [6, 6.07) is 2.16. The molecule has 74 valence electrons. The molecule has 2 rings (SSSR count). The van der Waals surface area contributed by atoms with E-state index in [1.807, 2.05) is 6.92 Å². The lowest BCUT2D eigenvalue weighted by atomic mass is 10.1. The van der Waals surface area contributed by atoms with E-state index < -0.39 is 0 Å². The first-order chi connectivity index (χ1) is 6.75. The zero-order chi connectivity index (χ0) is 9.97. The van der Waals surface area contributed by atoms with Crippen LogP contribution in [-0.4, -0.2) is 4.98 Å². The average molecular weight is 288 g/mol. The Morgan fingerprint density at radius 2 is 2.36 bits per heavy atom. The molecule has 0 amide bonds. The fourth-order valence-corrected chi connectivity index (χ4v) is 3.38. The molecule has 0 aliphatic carbocycles. The smallest absolute Gasteiger partial charge is 0.0897 e. The van der Waals surface area contributed by atoms with Crippen molar-refractivity contribution in [2.75, 3.05) is 0 Å². The zero-order valence-electron chi connectivity index (χ0n) is 7.74. The number of aromatic nitrogens is 1. The summed E-state index contributed by atoms with van der Waals surface area (Å²) in [5, 5.41) is 7.56. The largest absolute Gasteiger partial charge is 0.245 e. The van der Waals surface area contributed by atoms with Crippen LogP contribution < -0.4 is 0 Å². The maximum Gasteiger partial charge on any atom is 0.0897 e. The van der Waals surface area contributed by atoms with Crippen molar-refractivity contribution in [2.45, 2.75) is 18.2 Å². The molecule has 0 fully saturated rings. The second kappa shape index (κ2) is 4.55. The molecule has 0 radical (unpaired) electrons. The van der Waals surface area contributed by atoms with Gasteiger partial charge in [-0.05, 0) is 35.7 Å². The first-order valence-corrected chi connectivity index (χ1v) is 7.06. The maximum absolute atomic E-state index is 4.47. The Labute approximate surface area is 100.0 Å². The summed E-state index contributed by atoms with van der Waals surface area (Å²) in [7, 11) is 0. The molecule has 0 aliphatic rings. The number of aryl methyl sites for hydroxylation is 1. The summed E-state index contributed by atoms with van der Waals surface area (Å²) >= 11 is 7.12. The van der Waals surface area contributed by atoms with Gasteiger partial charge < -0.3 is 0 Å². The molecule has 2 heterocycles.